The number of carboxylic acids is 1. The first-order valence-corrected chi connectivity index (χ1v) is 16.5. The summed E-state index contributed by atoms with van der Waals surface area (Å²) in [5.74, 6) is -4.84. The number of carboxylic acid groups (broad SMARTS) is 1. The molecule has 0 spiro atoms. The molecule has 11 N–H and O–H groups in total. The van der Waals surface area contributed by atoms with Crippen LogP contribution in [0.3, 0.4) is 0 Å². The van der Waals surface area contributed by atoms with Crippen molar-refractivity contribution in [3.63, 3.8) is 0 Å². The van der Waals surface area contributed by atoms with Gasteiger partial charge in [-0.3, -0.25) is 24.0 Å². The number of nitrogens with one attached hydrogen (secondary N) is 5. The normalized spacial score (nSPS) is 15.0. The second kappa shape index (κ2) is 24.5. The lowest BCUT2D eigenvalue weighted by atomic mass is 10.0. The fourth-order valence-corrected chi connectivity index (χ4v) is 4.79. The molecule has 0 bridgehead atoms. The molecule has 0 unspecified atom stereocenters. The zero-order valence-electron chi connectivity index (χ0n) is 28.4. The van der Waals surface area contributed by atoms with Gasteiger partial charge in [-0.25, -0.2) is 4.79 Å². The van der Waals surface area contributed by atoms with Gasteiger partial charge in [-0.15, -0.1) is 12.4 Å². The first-order valence-electron chi connectivity index (χ1n) is 15.9. The Morgan fingerprint density at radius 3 is 1.49 bits per heavy atom. The average Bonchev–Trinajstić information content (AvgIpc) is 2.95. The van der Waals surface area contributed by atoms with Crippen molar-refractivity contribution in [3.8, 4) is 0 Å². The minimum Gasteiger partial charge on any atom is -0.480 e. The van der Waals surface area contributed by atoms with Gasteiger partial charge in [0.1, 0.15) is 30.2 Å². The van der Waals surface area contributed by atoms with E-state index in [4.69, 9.17) is 11.5 Å². The fraction of sp³-hybridized carbons (Fsp3) is 0.800. The Hall–Kier alpha value is -2.66. The van der Waals surface area contributed by atoms with Gasteiger partial charge in [0.15, 0.2) is 0 Å². The van der Waals surface area contributed by atoms with Crippen LogP contribution in [0, 0.1) is 17.8 Å². The second-order valence-corrected chi connectivity index (χ2v) is 13.2. The Labute approximate surface area is 290 Å². The van der Waals surface area contributed by atoms with Crippen LogP contribution in [0.15, 0.2) is 0 Å². The molecular formula is C30H58ClN7O8S. The highest BCUT2D eigenvalue weighted by Gasteiger charge is 2.33. The topological polar surface area (TPSA) is 255 Å². The van der Waals surface area contributed by atoms with Gasteiger partial charge in [0.2, 0.25) is 29.5 Å². The number of nitrogens with two attached hydrogens (primary N) is 2. The predicted molar refractivity (Wildman–Crippen MR) is 185 cm³/mol. The lowest BCUT2D eigenvalue weighted by Gasteiger charge is -2.27. The molecule has 0 radical (unpaired) electrons. The molecule has 5 amide bonds. The molecule has 0 aromatic carbocycles. The number of rotatable bonds is 23. The van der Waals surface area contributed by atoms with Crippen LogP contribution in [0.2, 0.25) is 0 Å². The van der Waals surface area contributed by atoms with E-state index in [0.717, 1.165) is 0 Å². The molecule has 0 rings (SSSR count). The van der Waals surface area contributed by atoms with E-state index >= 15 is 0 Å². The number of hydrogen-bond donors (Lipinski definition) is 10. The predicted octanol–water partition coefficient (Wildman–Crippen LogP) is -0.566. The molecule has 6 atom stereocenters. The quantitative estimate of drug-likeness (QED) is 0.0477. The fourth-order valence-electron chi connectivity index (χ4n) is 4.53. The molecule has 17 heteroatoms. The van der Waals surface area contributed by atoms with Crippen LogP contribution in [0.1, 0.15) is 80.1 Å². The average molecular weight is 712 g/mol. The smallest absolute Gasteiger partial charge is 0.326 e. The number of unbranched alkanes of at least 4 members (excludes halogenated alkanes) is 1. The SMILES string of the molecule is CC(C)C[C@H](NC(=O)[C@H](CO)NC(=O)[C@H](CC(C)C)NC(=O)[C@H](CCCCN)NC(=O)[C@H](CS)NC(=O)[C@@H](N)CC(C)C)C(=O)O.Cl. The molecular weight excluding hydrogens is 654 g/mol. The van der Waals surface area contributed by atoms with E-state index < -0.39 is 78.4 Å². The molecule has 0 fully saturated rings. The Morgan fingerprint density at radius 2 is 1.02 bits per heavy atom. The number of aliphatic hydroxyl groups excluding tert-OH is 1. The maximum Gasteiger partial charge on any atom is 0.326 e. The number of carbonyl (C=O) groups excluding carboxylic acids is 5. The van der Waals surface area contributed by atoms with Crippen molar-refractivity contribution in [2.75, 3.05) is 18.9 Å². The minimum atomic E-state index is -1.48. The molecule has 0 heterocycles. The van der Waals surface area contributed by atoms with Crippen LogP contribution >= 0.6 is 25.0 Å². The minimum absolute atomic E-state index is 0. The van der Waals surface area contributed by atoms with E-state index in [1.165, 1.54) is 0 Å². The van der Waals surface area contributed by atoms with E-state index in [1.54, 1.807) is 13.8 Å². The van der Waals surface area contributed by atoms with Crippen molar-refractivity contribution in [2.24, 2.45) is 29.2 Å². The van der Waals surface area contributed by atoms with E-state index in [-0.39, 0.29) is 55.2 Å². The van der Waals surface area contributed by atoms with Crippen LogP contribution in [-0.4, -0.2) is 101 Å². The first kappa shape index (κ1) is 46.5. The second-order valence-electron chi connectivity index (χ2n) is 12.8. The summed E-state index contributed by atoms with van der Waals surface area (Å²) < 4.78 is 0. The lowest BCUT2D eigenvalue weighted by Crippen LogP contribution is -2.60. The van der Waals surface area contributed by atoms with Crippen LogP contribution in [0.5, 0.6) is 0 Å². The third kappa shape index (κ3) is 19.1. The highest BCUT2D eigenvalue weighted by molar-refractivity contribution is 7.80. The summed E-state index contributed by atoms with van der Waals surface area (Å²) in [6.07, 6.45) is 1.91. The van der Waals surface area contributed by atoms with Crippen molar-refractivity contribution in [2.45, 2.75) is 116 Å². The van der Waals surface area contributed by atoms with Crippen molar-refractivity contribution in [1.29, 1.82) is 0 Å². The van der Waals surface area contributed by atoms with Crippen LogP contribution in [-0.2, 0) is 28.8 Å². The third-order valence-electron chi connectivity index (χ3n) is 6.93. The molecule has 0 saturated heterocycles. The van der Waals surface area contributed by atoms with E-state index in [0.29, 0.717) is 25.8 Å². The van der Waals surface area contributed by atoms with Crippen molar-refractivity contribution < 1.29 is 39.0 Å². The Kier molecular flexibility index (Phi) is 24.2. The van der Waals surface area contributed by atoms with Gasteiger partial charge in [-0.05, 0) is 62.8 Å². The van der Waals surface area contributed by atoms with Crippen LogP contribution < -0.4 is 38.1 Å². The molecule has 0 aliphatic carbocycles. The number of aliphatic hydroxyl groups is 1. The summed E-state index contributed by atoms with van der Waals surface area (Å²) >= 11 is 4.18. The molecule has 0 aliphatic rings. The zero-order chi connectivity index (χ0) is 35.6. The van der Waals surface area contributed by atoms with Gasteiger partial charge in [0.25, 0.3) is 0 Å². The molecule has 15 nitrogen and oxygen atoms in total. The molecule has 0 aliphatic heterocycles. The summed E-state index contributed by atoms with van der Waals surface area (Å²) in [5.41, 5.74) is 11.6. The van der Waals surface area contributed by atoms with Crippen molar-refractivity contribution in [3.05, 3.63) is 0 Å². The molecule has 0 saturated carbocycles. The number of thiol groups is 1. The summed E-state index contributed by atoms with van der Waals surface area (Å²) in [6, 6.07) is -6.88. The molecule has 47 heavy (non-hydrogen) atoms. The van der Waals surface area contributed by atoms with Gasteiger partial charge in [0.05, 0.1) is 12.6 Å². The largest absolute Gasteiger partial charge is 0.480 e. The van der Waals surface area contributed by atoms with Gasteiger partial charge >= 0.3 is 5.97 Å². The van der Waals surface area contributed by atoms with Gasteiger partial charge < -0.3 is 48.3 Å². The van der Waals surface area contributed by atoms with E-state index in [9.17, 15) is 39.0 Å². The van der Waals surface area contributed by atoms with Crippen LogP contribution in [0.25, 0.3) is 0 Å². The summed E-state index contributed by atoms with van der Waals surface area (Å²) in [5, 5.41) is 31.9. The Morgan fingerprint density at radius 1 is 0.617 bits per heavy atom. The highest BCUT2D eigenvalue weighted by atomic mass is 35.5. The van der Waals surface area contributed by atoms with Crippen LogP contribution in [0.4, 0.5) is 0 Å². The molecule has 274 valence electrons. The maximum absolute atomic E-state index is 13.5. The highest BCUT2D eigenvalue weighted by Crippen LogP contribution is 2.10. The maximum atomic E-state index is 13.5. The van der Waals surface area contributed by atoms with Crippen molar-refractivity contribution >= 4 is 60.5 Å². The van der Waals surface area contributed by atoms with E-state index in [1.807, 2.05) is 27.7 Å². The first-order chi connectivity index (χ1) is 21.5. The third-order valence-corrected chi connectivity index (χ3v) is 7.30. The lowest BCUT2D eigenvalue weighted by molar-refractivity contribution is -0.143. The molecule has 0 aromatic heterocycles. The van der Waals surface area contributed by atoms with Gasteiger partial charge in [-0.1, -0.05) is 41.5 Å². The number of carbonyl (C=O) groups is 6. The van der Waals surface area contributed by atoms with Gasteiger partial charge in [0, 0.05) is 5.75 Å². The number of aliphatic carboxylic acids is 1. The number of halogens is 1. The summed E-state index contributed by atoms with van der Waals surface area (Å²) in [7, 11) is 0. The number of amides is 5. The standard InChI is InChI=1S/C30H57N7O8S.ClH/c1-16(2)11-19(32)25(39)37-24(15-46)29(43)33-20(9-7-8-10-31)26(40)34-21(12-17(3)4)27(41)36-23(14-38)28(42)35-22(30(44)45)13-18(5)6;/h16-24,38,46H,7-15,31-32H2,1-6H3,(H,33,43)(H,34,40)(H,35,42)(H,36,41)(H,37,39)(H,44,45);1H/t19-,20-,21-,22-,23-,24-;/m0./s1. The van der Waals surface area contributed by atoms with E-state index in [2.05, 4.69) is 39.2 Å². The summed E-state index contributed by atoms with van der Waals surface area (Å²) in [6.45, 7) is 10.6. The van der Waals surface area contributed by atoms with Crippen molar-refractivity contribution in [1.82, 2.24) is 26.6 Å². The number of hydrogen-bond acceptors (Lipinski definition) is 10. The molecule has 0 aromatic rings. The zero-order valence-corrected chi connectivity index (χ0v) is 30.1. The monoisotopic (exact) mass is 711 g/mol. The Bertz CT molecular complexity index is 1010. The van der Waals surface area contributed by atoms with Gasteiger partial charge in [-0.2, -0.15) is 12.6 Å². The Balaban J connectivity index is 0. The summed E-state index contributed by atoms with van der Waals surface area (Å²) in [4.78, 5) is 76.8.